The van der Waals surface area contributed by atoms with Crippen molar-refractivity contribution in [1.29, 1.82) is 0 Å². The van der Waals surface area contributed by atoms with Crippen molar-refractivity contribution in [2.24, 2.45) is 5.92 Å². The Hall–Kier alpha value is -2.77. The zero-order valence-electron chi connectivity index (χ0n) is 14.1. The minimum absolute atomic E-state index is 0.146. The molecule has 0 spiro atoms. The van der Waals surface area contributed by atoms with E-state index in [0.29, 0.717) is 29.1 Å². The van der Waals surface area contributed by atoms with E-state index >= 15 is 0 Å². The Balaban J connectivity index is 1.54. The molecule has 1 aliphatic carbocycles. The smallest absolute Gasteiger partial charge is 0.416 e. The third-order valence-corrected chi connectivity index (χ3v) is 4.38. The predicted molar refractivity (Wildman–Crippen MR) is 86.1 cm³/mol. The predicted octanol–water partition coefficient (Wildman–Crippen LogP) is 3.48. The fourth-order valence-corrected chi connectivity index (χ4v) is 2.91. The molecule has 1 saturated carbocycles. The van der Waals surface area contributed by atoms with Gasteiger partial charge in [0.1, 0.15) is 11.5 Å². The van der Waals surface area contributed by atoms with Crippen LogP contribution in [0.4, 0.5) is 13.2 Å². The topological polar surface area (TPSA) is 71.3 Å². The van der Waals surface area contributed by atoms with Crippen LogP contribution in [0, 0.1) is 19.8 Å². The van der Waals surface area contributed by atoms with Crippen molar-refractivity contribution in [3.8, 4) is 0 Å². The lowest BCUT2D eigenvalue weighted by Crippen LogP contribution is -2.42. The lowest BCUT2D eigenvalue weighted by molar-refractivity contribution is -0.137. The van der Waals surface area contributed by atoms with Gasteiger partial charge in [-0.3, -0.25) is 20.4 Å². The molecule has 3 rings (SSSR count). The van der Waals surface area contributed by atoms with Crippen LogP contribution in [-0.4, -0.2) is 11.8 Å². The minimum Gasteiger partial charge on any atom is -0.466 e. The molecular formula is C18H17F3N2O3. The van der Waals surface area contributed by atoms with E-state index in [0.717, 1.165) is 12.1 Å². The van der Waals surface area contributed by atoms with Crippen molar-refractivity contribution in [2.75, 3.05) is 0 Å². The number of carbonyl (C=O) groups excluding carboxylic acids is 2. The summed E-state index contributed by atoms with van der Waals surface area (Å²) in [6.07, 6.45) is -3.86. The van der Waals surface area contributed by atoms with Crippen molar-refractivity contribution >= 4 is 11.8 Å². The summed E-state index contributed by atoms with van der Waals surface area (Å²) in [6, 6.07) is 6.36. The molecule has 138 valence electrons. The van der Waals surface area contributed by atoms with E-state index in [1.54, 1.807) is 19.9 Å². The fourth-order valence-electron chi connectivity index (χ4n) is 2.91. The minimum atomic E-state index is -4.38. The number of furan rings is 1. The number of nitrogens with one attached hydrogen (secondary N) is 2. The van der Waals surface area contributed by atoms with E-state index in [4.69, 9.17) is 4.42 Å². The lowest BCUT2D eigenvalue weighted by Gasteiger charge is -2.08. The number of alkyl halides is 3. The second-order valence-corrected chi connectivity index (χ2v) is 6.34. The molecule has 0 bridgehead atoms. The van der Waals surface area contributed by atoms with Crippen LogP contribution in [0.3, 0.4) is 0 Å². The van der Waals surface area contributed by atoms with E-state index in [-0.39, 0.29) is 17.7 Å². The average Bonchev–Trinajstić information content (AvgIpc) is 3.30. The Kier molecular flexibility index (Phi) is 4.52. The van der Waals surface area contributed by atoms with Crippen molar-refractivity contribution in [1.82, 2.24) is 10.9 Å². The Morgan fingerprint density at radius 3 is 2.31 bits per heavy atom. The van der Waals surface area contributed by atoms with Crippen molar-refractivity contribution in [3.63, 3.8) is 0 Å². The van der Waals surface area contributed by atoms with Gasteiger partial charge in [0.2, 0.25) is 5.91 Å². The van der Waals surface area contributed by atoms with Crippen LogP contribution in [0.15, 0.2) is 34.7 Å². The molecule has 1 aromatic heterocycles. The molecule has 0 aliphatic heterocycles. The van der Waals surface area contributed by atoms with E-state index < -0.39 is 17.6 Å². The van der Waals surface area contributed by atoms with Gasteiger partial charge in [0.05, 0.1) is 11.1 Å². The van der Waals surface area contributed by atoms with Gasteiger partial charge >= 0.3 is 6.18 Å². The first-order valence-corrected chi connectivity index (χ1v) is 8.01. The van der Waals surface area contributed by atoms with Crippen LogP contribution >= 0.6 is 0 Å². The number of amides is 2. The first-order chi connectivity index (χ1) is 12.2. The van der Waals surface area contributed by atoms with Gasteiger partial charge in [-0.1, -0.05) is 12.1 Å². The number of aryl methyl sites for hydroxylation is 2. The molecule has 5 nitrogen and oxygen atoms in total. The maximum atomic E-state index is 12.6. The number of hydrazine groups is 1. The van der Waals surface area contributed by atoms with Gasteiger partial charge in [0, 0.05) is 5.92 Å². The SMILES string of the molecule is Cc1cc(C(=O)NNC(=O)C2CC2c2ccc(C(F)(F)F)cc2)c(C)o1. The van der Waals surface area contributed by atoms with Crippen molar-refractivity contribution in [3.05, 3.63) is 58.5 Å². The van der Waals surface area contributed by atoms with Gasteiger partial charge in [-0.05, 0) is 49.9 Å². The molecule has 2 atom stereocenters. The van der Waals surface area contributed by atoms with Gasteiger partial charge in [0.25, 0.3) is 5.91 Å². The van der Waals surface area contributed by atoms with E-state index in [1.807, 2.05) is 0 Å². The second-order valence-electron chi connectivity index (χ2n) is 6.34. The molecular weight excluding hydrogens is 349 g/mol. The molecule has 1 aromatic carbocycles. The standard InChI is InChI=1S/C18H17F3N2O3/c1-9-7-13(10(2)26-9)16(24)22-23-17(25)15-8-14(15)11-3-5-12(6-4-11)18(19,20)21/h3-7,14-15H,8H2,1-2H3,(H,22,24)(H,23,25). The molecule has 2 N–H and O–H groups in total. The summed E-state index contributed by atoms with van der Waals surface area (Å²) < 4.78 is 43.0. The Morgan fingerprint density at radius 2 is 1.77 bits per heavy atom. The number of rotatable bonds is 3. The van der Waals surface area contributed by atoms with Crippen LogP contribution in [0.2, 0.25) is 0 Å². The zero-order valence-corrected chi connectivity index (χ0v) is 14.1. The number of halogens is 3. The molecule has 2 amide bonds. The number of carbonyl (C=O) groups is 2. The summed E-state index contributed by atoms with van der Waals surface area (Å²) in [5.74, 6) is -0.348. The van der Waals surface area contributed by atoms with E-state index in [1.165, 1.54) is 12.1 Å². The highest BCUT2D eigenvalue weighted by atomic mass is 19.4. The molecule has 0 radical (unpaired) electrons. The molecule has 1 fully saturated rings. The van der Waals surface area contributed by atoms with Crippen LogP contribution in [0.25, 0.3) is 0 Å². The first kappa shape index (κ1) is 18.0. The van der Waals surface area contributed by atoms with Gasteiger partial charge in [-0.25, -0.2) is 0 Å². The normalized spacial score (nSPS) is 19.1. The Morgan fingerprint density at radius 1 is 1.12 bits per heavy atom. The van der Waals surface area contributed by atoms with E-state index in [9.17, 15) is 22.8 Å². The monoisotopic (exact) mass is 366 g/mol. The maximum Gasteiger partial charge on any atom is 0.416 e. The van der Waals surface area contributed by atoms with Crippen molar-refractivity contribution in [2.45, 2.75) is 32.4 Å². The van der Waals surface area contributed by atoms with Gasteiger partial charge in [-0.15, -0.1) is 0 Å². The molecule has 8 heteroatoms. The Labute approximate surface area is 147 Å². The molecule has 26 heavy (non-hydrogen) atoms. The molecule has 1 heterocycles. The molecule has 2 aromatic rings. The molecule has 0 saturated heterocycles. The highest BCUT2D eigenvalue weighted by molar-refractivity contribution is 5.96. The summed E-state index contributed by atoms with van der Waals surface area (Å²) in [5.41, 5.74) is 4.96. The van der Waals surface area contributed by atoms with Crippen LogP contribution < -0.4 is 10.9 Å². The van der Waals surface area contributed by atoms with Gasteiger partial charge in [-0.2, -0.15) is 13.2 Å². The number of hydrogen-bond acceptors (Lipinski definition) is 3. The van der Waals surface area contributed by atoms with Crippen LogP contribution in [-0.2, 0) is 11.0 Å². The number of benzene rings is 1. The summed E-state index contributed by atoms with van der Waals surface area (Å²) in [6.45, 7) is 3.35. The summed E-state index contributed by atoms with van der Waals surface area (Å²) in [4.78, 5) is 24.1. The lowest BCUT2D eigenvalue weighted by atomic mass is 10.1. The summed E-state index contributed by atoms with van der Waals surface area (Å²) in [5, 5.41) is 0. The summed E-state index contributed by atoms with van der Waals surface area (Å²) >= 11 is 0. The highest BCUT2D eigenvalue weighted by Gasteiger charge is 2.44. The Bertz CT molecular complexity index is 840. The quantitative estimate of drug-likeness (QED) is 0.817. The second kappa shape index (κ2) is 6.51. The zero-order chi connectivity index (χ0) is 19.1. The fraction of sp³-hybridized carbons (Fsp3) is 0.333. The molecule has 2 unspecified atom stereocenters. The molecule has 1 aliphatic rings. The first-order valence-electron chi connectivity index (χ1n) is 8.01. The third-order valence-electron chi connectivity index (χ3n) is 4.38. The van der Waals surface area contributed by atoms with Crippen molar-refractivity contribution < 1.29 is 27.2 Å². The highest BCUT2D eigenvalue weighted by Crippen LogP contribution is 2.47. The van der Waals surface area contributed by atoms with Crippen LogP contribution in [0.5, 0.6) is 0 Å². The van der Waals surface area contributed by atoms with Crippen LogP contribution in [0.1, 0.15) is 45.3 Å². The average molecular weight is 366 g/mol. The van der Waals surface area contributed by atoms with E-state index in [2.05, 4.69) is 10.9 Å². The number of hydrogen-bond donors (Lipinski definition) is 2. The third kappa shape index (κ3) is 3.74. The van der Waals surface area contributed by atoms with Gasteiger partial charge < -0.3 is 4.42 Å². The largest absolute Gasteiger partial charge is 0.466 e. The summed E-state index contributed by atoms with van der Waals surface area (Å²) in [7, 11) is 0. The van der Waals surface area contributed by atoms with Gasteiger partial charge in [0.15, 0.2) is 0 Å². The maximum absolute atomic E-state index is 12.6.